The molecule has 8 nitrogen and oxygen atoms in total. The van der Waals surface area contributed by atoms with Crippen molar-refractivity contribution in [3.63, 3.8) is 0 Å². The molecule has 5 aromatic rings. The lowest BCUT2D eigenvalue weighted by molar-refractivity contribution is 0.0695. The van der Waals surface area contributed by atoms with Crippen molar-refractivity contribution in [2.75, 3.05) is 13.1 Å². The Morgan fingerprint density at radius 3 is 2.33 bits per heavy atom. The van der Waals surface area contributed by atoms with Crippen LogP contribution in [0.25, 0.3) is 33.7 Å². The summed E-state index contributed by atoms with van der Waals surface area (Å²) in [7, 11) is 0. The van der Waals surface area contributed by atoms with E-state index in [0.717, 1.165) is 74.7 Å². The van der Waals surface area contributed by atoms with Crippen LogP contribution in [0.2, 0.25) is 5.02 Å². The van der Waals surface area contributed by atoms with Gasteiger partial charge in [-0.1, -0.05) is 49.1 Å². The van der Waals surface area contributed by atoms with Crippen LogP contribution < -0.4 is 4.74 Å². The van der Waals surface area contributed by atoms with Crippen LogP contribution in [0.5, 0.6) is 5.75 Å². The number of likely N-dealkylation sites (tertiary alicyclic amines) is 1. The standard InChI is InChI=1S/C37H34ClFN4O4.ClH/c38-27-11-8-23(9-12-27)30-14-10-24(36(44)42-16-4-5-17-42)18-26(30)22-47-29-13-15-31(32(39)20-29)34-41-33-19-25(37(45)46)21-40-35(33)43(34)28-6-2-1-3-7-28;/h8-15,18-21,28H,1-7,16-17,22H2,(H,45,46);1H. The number of carboxylic acid groups (broad SMARTS) is 1. The van der Waals surface area contributed by atoms with Crippen molar-refractivity contribution in [1.82, 2.24) is 19.4 Å². The number of pyridine rings is 1. The molecule has 3 heterocycles. The number of amides is 1. The summed E-state index contributed by atoms with van der Waals surface area (Å²) in [6, 6.07) is 19.4. The molecule has 2 aromatic heterocycles. The number of rotatable bonds is 8. The molecule has 1 aliphatic heterocycles. The summed E-state index contributed by atoms with van der Waals surface area (Å²) >= 11 is 6.14. The van der Waals surface area contributed by atoms with Gasteiger partial charge >= 0.3 is 5.97 Å². The molecular formula is C37H35Cl2FN4O4. The minimum atomic E-state index is -1.09. The van der Waals surface area contributed by atoms with E-state index in [0.29, 0.717) is 33.3 Å². The number of fused-ring (bicyclic) bond motifs is 1. The highest BCUT2D eigenvalue weighted by Gasteiger charge is 2.26. The first-order valence-corrected chi connectivity index (χ1v) is 16.5. The van der Waals surface area contributed by atoms with E-state index in [1.165, 1.54) is 18.3 Å². The molecule has 3 aromatic carbocycles. The first-order valence-electron chi connectivity index (χ1n) is 16.1. The number of imidazole rings is 1. The molecule has 7 rings (SSSR count). The molecule has 2 aliphatic rings. The summed E-state index contributed by atoms with van der Waals surface area (Å²) in [5.41, 5.74) is 4.50. The predicted octanol–water partition coefficient (Wildman–Crippen LogP) is 9.00. The molecule has 0 atom stereocenters. The van der Waals surface area contributed by atoms with Crippen LogP contribution in [0.4, 0.5) is 4.39 Å². The molecule has 1 aliphatic carbocycles. The van der Waals surface area contributed by atoms with Gasteiger partial charge in [-0.3, -0.25) is 4.79 Å². The minimum Gasteiger partial charge on any atom is -0.489 e. The van der Waals surface area contributed by atoms with Crippen molar-refractivity contribution in [2.24, 2.45) is 0 Å². The number of aromatic nitrogens is 3. The molecular weight excluding hydrogens is 654 g/mol. The van der Waals surface area contributed by atoms with Crippen LogP contribution in [0, 0.1) is 5.82 Å². The van der Waals surface area contributed by atoms with Gasteiger partial charge in [0.25, 0.3) is 5.91 Å². The minimum absolute atomic E-state index is 0. The molecule has 0 bridgehead atoms. The topological polar surface area (TPSA) is 97.5 Å². The average molecular weight is 690 g/mol. The van der Waals surface area contributed by atoms with Gasteiger partial charge in [0, 0.05) is 42.0 Å². The van der Waals surface area contributed by atoms with Gasteiger partial charge in [0.2, 0.25) is 0 Å². The zero-order valence-electron chi connectivity index (χ0n) is 26.2. The zero-order chi connectivity index (χ0) is 32.5. The number of hydrogen-bond donors (Lipinski definition) is 1. The molecule has 1 N–H and O–H groups in total. The maximum atomic E-state index is 16.0. The quantitative estimate of drug-likeness (QED) is 0.175. The van der Waals surface area contributed by atoms with Crippen LogP contribution in [0.15, 0.2) is 72.9 Å². The number of nitrogens with zero attached hydrogens (tertiary/aromatic N) is 4. The Balaban J connectivity index is 0.00000401. The fraction of sp³-hybridized carbons (Fsp3) is 0.297. The number of carbonyl (C=O) groups is 2. The van der Waals surface area contributed by atoms with E-state index in [4.69, 9.17) is 21.3 Å². The van der Waals surface area contributed by atoms with Gasteiger partial charge in [-0.25, -0.2) is 19.2 Å². The number of halogens is 3. The SMILES string of the molecule is Cl.O=C(O)c1cnc2c(c1)nc(-c1ccc(OCc3cc(C(=O)N4CCCC4)ccc3-c3ccc(Cl)cc3)cc1F)n2C1CCCCC1. The summed E-state index contributed by atoms with van der Waals surface area (Å²) in [6.07, 6.45) is 8.41. The Labute approximate surface area is 288 Å². The van der Waals surface area contributed by atoms with Gasteiger partial charge in [-0.05, 0) is 84.8 Å². The molecule has 1 amide bonds. The lowest BCUT2D eigenvalue weighted by Gasteiger charge is -2.25. The normalized spacial score (nSPS) is 15.0. The third-order valence-corrected chi connectivity index (χ3v) is 9.45. The van der Waals surface area contributed by atoms with E-state index < -0.39 is 11.8 Å². The molecule has 1 saturated carbocycles. The maximum Gasteiger partial charge on any atom is 0.337 e. The fourth-order valence-corrected chi connectivity index (χ4v) is 6.89. The Morgan fingerprint density at radius 2 is 1.62 bits per heavy atom. The van der Waals surface area contributed by atoms with E-state index in [9.17, 15) is 14.7 Å². The summed E-state index contributed by atoms with van der Waals surface area (Å²) < 4.78 is 24.1. The first kappa shape index (κ1) is 33.4. The monoisotopic (exact) mass is 688 g/mol. The molecule has 0 radical (unpaired) electrons. The molecule has 11 heteroatoms. The third kappa shape index (κ3) is 6.75. The van der Waals surface area contributed by atoms with Gasteiger partial charge in [0.15, 0.2) is 5.65 Å². The summed E-state index contributed by atoms with van der Waals surface area (Å²) in [5, 5.41) is 10.1. The Bertz CT molecular complexity index is 1970. The summed E-state index contributed by atoms with van der Waals surface area (Å²) in [5.74, 6) is -0.858. The average Bonchev–Trinajstić information content (AvgIpc) is 3.76. The highest BCUT2D eigenvalue weighted by atomic mass is 35.5. The van der Waals surface area contributed by atoms with Crippen LogP contribution in [-0.4, -0.2) is 49.5 Å². The smallest absolute Gasteiger partial charge is 0.337 e. The number of ether oxygens (including phenoxy) is 1. The van der Waals surface area contributed by atoms with Crippen LogP contribution in [0.1, 0.15) is 77.3 Å². The maximum absolute atomic E-state index is 16.0. The highest BCUT2D eigenvalue weighted by Crippen LogP contribution is 2.37. The van der Waals surface area contributed by atoms with Crippen molar-refractivity contribution in [1.29, 1.82) is 0 Å². The van der Waals surface area contributed by atoms with Gasteiger partial charge in [-0.15, -0.1) is 12.4 Å². The van der Waals surface area contributed by atoms with E-state index >= 15 is 4.39 Å². The lowest BCUT2D eigenvalue weighted by atomic mass is 9.95. The van der Waals surface area contributed by atoms with Gasteiger partial charge < -0.3 is 19.3 Å². The molecule has 248 valence electrons. The molecule has 0 spiro atoms. The second kappa shape index (κ2) is 14.3. The second-order valence-electron chi connectivity index (χ2n) is 12.3. The first-order chi connectivity index (χ1) is 22.9. The zero-order valence-corrected chi connectivity index (χ0v) is 27.8. The van der Waals surface area contributed by atoms with Crippen LogP contribution in [-0.2, 0) is 6.61 Å². The largest absolute Gasteiger partial charge is 0.489 e. The lowest BCUT2D eigenvalue weighted by Crippen LogP contribution is -2.27. The number of aromatic carboxylic acids is 1. The predicted molar refractivity (Wildman–Crippen MR) is 186 cm³/mol. The van der Waals surface area contributed by atoms with Crippen molar-refractivity contribution >= 4 is 47.0 Å². The second-order valence-corrected chi connectivity index (χ2v) is 12.7. The Kier molecular flexibility index (Phi) is 9.99. The molecule has 1 saturated heterocycles. The Morgan fingerprint density at radius 1 is 0.896 bits per heavy atom. The number of carboxylic acids is 1. The van der Waals surface area contributed by atoms with Crippen molar-refractivity contribution in [3.8, 4) is 28.3 Å². The highest BCUT2D eigenvalue weighted by molar-refractivity contribution is 6.30. The van der Waals surface area contributed by atoms with E-state index in [1.807, 2.05) is 51.9 Å². The van der Waals surface area contributed by atoms with E-state index in [1.54, 1.807) is 12.1 Å². The van der Waals surface area contributed by atoms with Crippen LogP contribution >= 0.6 is 24.0 Å². The van der Waals surface area contributed by atoms with Gasteiger partial charge in [0.05, 0.1) is 11.1 Å². The van der Waals surface area contributed by atoms with Crippen LogP contribution in [0.3, 0.4) is 0 Å². The number of hydrogen-bond acceptors (Lipinski definition) is 5. The van der Waals surface area contributed by atoms with Gasteiger partial charge in [0.1, 0.15) is 29.5 Å². The van der Waals surface area contributed by atoms with Crippen molar-refractivity contribution in [2.45, 2.75) is 57.6 Å². The number of benzene rings is 3. The van der Waals surface area contributed by atoms with Crippen molar-refractivity contribution in [3.05, 3.63) is 100 Å². The fourth-order valence-electron chi connectivity index (χ4n) is 6.76. The van der Waals surface area contributed by atoms with E-state index in [2.05, 4.69) is 4.98 Å². The number of carbonyl (C=O) groups excluding carboxylic acids is 1. The summed E-state index contributed by atoms with van der Waals surface area (Å²) in [6.45, 7) is 1.61. The van der Waals surface area contributed by atoms with Gasteiger partial charge in [-0.2, -0.15) is 0 Å². The Hall–Kier alpha value is -4.47. The van der Waals surface area contributed by atoms with Crippen molar-refractivity contribution < 1.29 is 23.8 Å². The molecule has 2 fully saturated rings. The molecule has 48 heavy (non-hydrogen) atoms. The van der Waals surface area contributed by atoms with E-state index in [-0.39, 0.29) is 42.1 Å². The molecule has 0 unspecified atom stereocenters. The summed E-state index contributed by atoms with van der Waals surface area (Å²) in [4.78, 5) is 35.9. The third-order valence-electron chi connectivity index (χ3n) is 9.19.